The summed E-state index contributed by atoms with van der Waals surface area (Å²) in [6, 6.07) is 20.4. The fourth-order valence-electron chi connectivity index (χ4n) is 3.07. The Bertz CT molecular complexity index is 1390. The van der Waals surface area contributed by atoms with Gasteiger partial charge in [0.25, 0.3) is 11.8 Å². The number of carbonyl (C=O) groups is 2. The summed E-state index contributed by atoms with van der Waals surface area (Å²) in [5.41, 5.74) is 11.5. The monoisotopic (exact) mass is 627 g/mol. The van der Waals surface area contributed by atoms with Crippen LogP contribution in [-0.2, 0) is 4.79 Å². The fraction of sp³-hybridized carbons (Fsp3) is 0.0400. The molecular weight excluding hydrogens is 610 g/mol. The number of anilines is 2. The highest BCUT2D eigenvalue weighted by atomic mass is 79.9. The van der Waals surface area contributed by atoms with Crippen molar-refractivity contribution in [3.8, 4) is 17.0 Å². The van der Waals surface area contributed by atoms with Crippen molar-refractivity contribution in [3.63, 3.8) is 0 Å². The number of hydrogen-bond donors (Lipinski definition) is 3. The van der Waals surface area contributed by atoms with E-state index in [-0.39, 0.29) is 12.5 Å². The van der Waals surface area contributed by atoms with Crippen molar-refractivity contribution in [2.24, 2.45) is 10.8 Å². The number of para-hydroxylation sites is 1. The number of hydrogen-bond acceptors (Lipinski definition) is 7. The Morgan fingerprint density at radius 2 is 1.75 bits per heavy atom. The molecule has 0 fully saturated rings. The van der Waals surface area contributed by atoms with Crippen LogP contribution in [0.25, 0.3) is 11.3 Å². The van der Waals surface area contributed by atoms with Gasteiger partial charge in [0.05, 0.1) is 20.9 Å². The van der Waals surface area contributed by atoms with Crippen LogP contribution in [0, 0.1) is 0 Å². The topological polar surface area (TPSA) is 119 Å². The number of nitrogens with two attached hydrogens (primary N) is 1. The Morgan fingerprint density at radius 1 is 1.06 bits per heavy atom. The van der Waals surface area contributed by atoms with Crippen LogP contribution >= 0.6 is 43.2 Å². The molecule has 3 aromatic carbocycles. The van der Waals surface area contributed by atoms with Gasteiger partial charge in [-0.05, 0) is 73.8 Å². The molecule has 4 N–H and O–H groups in total. The van der Waals surface area contributed by atoms with Crippen LogP contribution in [-0.4, -0.2) is 29.6 Å². The van der Waals surface area contributed by atoms with Crippen molar-refractivity contribution in [2.45, 2.75) is 0 Å². The van der Waals surface area contributed by atoms with Crippen LogP contribution in [0.4, 0.5) is 10.8 Å². The van der Waals surface area contributed by atoms with E-state index < -0.39 is 5.91 Å². The summed E-state index contributed by atoms with van der Waals surface area (Å²) in [7, 11) is 0. The van der Waals surface area contributed by atoms with Crippen molar-refractivity contribution in [1.29, 1.82) is 0 Å². The van der Waals surface area contributed by atoms with E-state index in [1.165, 1.54) is 17.6 Å². The largest absolute Gasteiger partial charge is 0.481 e. The highest BCUT2D eigenvalue weighted by molar-refractivity contribution is 9.11. The van der Waals surface area contributed by atoms with E-state index in [9.17, 15) is 9.59 Å². The molecule has 8 nitrogen and oxygen atoms in total. The van der Waals surface area contributed by atoms with Gasteiger partial charge < -0.3 is 15.8 Å². The van der Waals surface area contributed by atoms with E-state index in [1.807, 2.05) is 47.8 Å². The van der Waals surface area contributed by atoms with Crippen LogP contribution in [0.15, 0.2) is 86.2 Å². The third-order valence-corrected chi connectivity index (χ3v) is 6.67. The van der Waals surface area contributed by atoms with Gasteiger partial charge in [-0.15, -0.1) is 11.3 Å². The summed E-state index contributed by atoms with van der Waals surface area (Å²) in [4.78, 5) is 28.1. The number of halogens is 2. The minimum Gasteiger partial charge on any atom is -0.481 e. The van der Waals surface area contributed by atoms with Crippen LogP contribution in [0.1, 0.15) is 15.9 Å². The zero-order valence-electron chi connectivity index (χ0n) is 18.6. The van der Waals surface area contributed by atoms with Crippen LogP contribution < -0.4 is 21.2 Å². The van der Waals surface area contributed by atoms with E-state index in [4.69, 9.17) is 10.5 Å². The highest BCUT2D eigenvalue weighted by Crippen LogP contribution is 2.34. The number of benzene rings is 3. The first-order valence-corrected chi connectivity index (χ1v) is 13.0. The maximum absolute atomic E-state index is 12.5. The van der Waals surface area contributed by atoms with E-state index >= 15 is 0 Å². The third kappa shape index (κ3) is 6.78. The second-order valence-electron chi connectivity index (χ2n) is 7.37. The molecule has 1 heterocycles. The van der Waals surface area contributed by atoms with Gasteiger partial charge >= 0.3 is 0 Å². The maximum Gasteiger partial charge on any atom is 0.271 e. The lowest BCUT2D eigenvalue weighted by Crippen LogP contribution is -2.20. The highest BCUT2D eigenvalue weighted by Gasteiger charge is 2.11. The number of nitrogens with one attached hydrogen (secondary N) is 2. The van der Waals surface area contributed by atoms with Crippen molar-refractivity contribution in [3.05, 3.63) is 92.2 Å². The fourth-order valence-corrected chi connectivity index (χ4v) is 5.26. The number of nitrogens with zero attached hydrogens (tertiary/aromatic N) is 2. The summed E-state index contributed by atoms with van der Waals surface area (Å²) in [5, 5.41) is 10.1. The lowest BCUT2D eigenvalue weighted by atomic mass is 10.1. The van der Waals surface area contributed by atoms with Gasteiger partial charge in [0.15, 0.2) is 11.7 Å². The number of ether oxygens (including phenoxy) is 1. The van der Waals surface area contributed by atoms with Crippen LogP contribution in [0.3, 0.4) is 0 Å². The molecule has 2 amide bonds. The summed E-state index contributed by atoms with van der Waals surface area (Å²) in [6.45, 7) is -0.242. The molecule has 182 valence electrons. The van der Waals surface area contributed by atoms with E-state index in [2.05, 4.69) is 52.7 Å². The number of hydrazone groups is 1. The van der Waals surface area contributed by atoms with Crippen LogP contribution in [0.5, 0.6) is 5.75 Å². The van der Waals surface area contributed by atoms with Gasteiger partial charge in [-0.3, -0.25) is 9.59 Å². The average Bonchev–Trinajstić information content (AvgIpc) is 3.32. The summed E-state index contributed by atoms with van der Waals surface area (Å²) in [5.74, 6) is -0.480. The van der Waals surface area contributed by atoms with Crippen molar-refractivity contribution in [1.82, 2.24) is 10.4 Å². The number of primary amides is 1. The quantitative estimate of drug-likeness (QED) is 0.162. The molecule has 0 saturated carbocycles. The molecule has 4 aromatic rings. The molecule has 0 radical (unpaired) electrons. The van der Waals surface area contributed by atoms with Crippen LogP contribution in [0.2, 0.25) is 0 Å². The van der Waals surface area contributed by atoms with Gasteiger partial charge in [-0.2, -0.15) is 5.10 Å². The van der Waals surface area contributed by atoms with Gasteiger partial charge in [0, 0.05) is 22.2 Å². The Morgan fingerprint density at radius 3 is 2.42 bits per heavy atom. The lowest BCUT2D eigenvalue weighted by molar-refractivity contribution is -0.119. The Hall–Kier alpha value is -3.54. The SMILES string of the molecule is NC(=O)COc1c(Br)cc(/C=N/NC(=O)c2ccc(-c3csc(Nc4ccccc4)n3)cc2)cc1Br. The van der Waals surface area contributed by atoms with Gasteiger partial charge in [-0.25, -0.2) is 10.4 Å². The molecule has 0 aliphatic carbocycles. The van der Waals surface area contributed by atoms with Gasteiger partial charge in [0.1, 0.15) is 5.75 Å². The number of carbonyl (C=O) groups excluding carboxylic acids is 2. The van der Waals surface area contributed by atoms with Crippen molar-refractivity contribution < 1.29 is 14.3 Å². The molecule has 4 rings (SSSR count). The maximum atomic E-state index is 12.5. The van der Waals surface area contributed by atoms with E-state index in [0.29, 0.717) is 25.8 Å². The standard InChI is InChI=1S/C25H19Br2N5O3S/c26-19-10-15(11-20(27)23(19)35-13-22(28)33)12-29-32-24(34)17-8-6-16(7-9-17)21-14-36-25(31-21)30-18-4-2-1-3-5-18/h1-12,14H,13H2,(H2,28,33)(H,30,31)(H,32,34)/b29-12+. The van der Waals surface area contributed by atoms with Gasteiger partial charge in [-0.1, -0.05) is 30.3 Å². The van der Waals surface area contributed by atoms with Crippen molar-refractivity contribution in [2.75, 3.05) is 11.9 Å². The molecule has 0 spiro atoms. The zero-order chi connectivity index (χ0) is 25.5. The average molecular weight is 629 g/mol. The Labute approximate surface area is 227 Å². The summed E-state index contributed by atoms with van der Waals surface area (Å²) >= 11 is 8.28. The number of rotatable bonds is 9. The molecule has 0 bridgehead atoms. The minimum absolute atomic E-state index is 0.242. The van der Waals surface area contributed by atoms with E-state index in [1.54, 1.807) is 24.3 Å². The smallest absolute Gasteiger partial charge is 0.271 e. The van der Waals surface area contributed by atoms with Crippen molar-refractivity contribution >= 4 is 72.0 Å². The predicted molar refractivity (Wildman–Crippen MR) is 149 cm³/mol. The summed E-state index contributed by atoms with van der Waals surface area (Å²) < 4.78 is 6.57. The molecular formula is C25H19Br2N5O3S. The molecule has 36 heavy (non-hydrogen) atoms. The normalized spacial score (nSPS) is 10.8. The molecule has 0 unspecified atom stereocenters. The Kier molecular flexibility index (Phi) is 8.47. The second-order valence-corrected chi connectivity index (χ2v) is 9.94. The first kappa shape index (κ1) is 25.5. The lowest BCUT2D eigenvalue weighted by Gasteiger charge is -2.09. The molecule has 11 heteroatoms. The number of amides is 2. The third-order valence-electron chi connectivity index (χ3n) is 4.73. The number of aromatic nitrogens is 1. The van der Waals surface area contributed by atoms with Gasteiger partial charge in [0.2, 0.25) is 0 Å². The minimum atomic E-state index is -0.577. The first-order valence-electron chi connectivity index (χ1n) is 10.5. The zero-order valence-corrected chi connectivity index (χ0v) is 22.6. The second kappa shape index (κ2) is 11.9. The number of thiazole rings is 1. The summed E-state index contributed by atoms with van der Waals surface area (Å²) in [6.07, 6.45) is 1.50. The Balaban J connectivity index is 1.36. The molecule has 0 aliphatic heterocycles. The van der Waals surface area contributed by atoms with E-state index in [0.717, 1.165) is 22.1 Å². The first-order chi connectivity index (χ1) is 17.4. The predicted octanol–water partition coefficient (Wildman–Crippen LogP) is 5.71. The molecule has 1 aromatic heterocycles. The molecule has 0 saturated heterocycles. The molecule has 0 aliphatic rings. The molecule has 0 atom stereocenters.